The van der Waals surface area contributed by atoms with Crippen molar-refractivity contribution in [3.8, 4) is 0 Å². The van der Waals surface area contributed by atoms with Gasteiger partial charge in [0.2, 0.25) is 0 Å². The van der Waals surface area contributed by atoms with Crippen LogP contribution in [0.25, 0.3) is 0 Å². The van der Waals surface area contributed by atoms with Gasteiger partial charge >= 0.3 is 6.03 Å². The third-order valence-electron chi connectivity index (χ3n) is 1.33. The van der Waals surface area contributed by atoms with E-state index in [1.165, 1.54) is 0 Å². The number of urea groups is 1. The van der Waals surface area contributed by atoms with Gasteiger partial charge in [-0.05, 0) is 25.9 Å². The van der Waals surface area contributed by atoms with E-state index in [2.05, 4.69) is 17.6 Å². The second-order valence-electron chi connectivity index (χ2n) is 2.35. The van der Waals surface area contributed by atoms with E-state index in [9.17, 15) is 4.79 Å². The van der Waals surface area contributed by atoms with Crippen LogP contribution < -0.4 is 16.4 Å². The zero-order valence-corrected chi connectivity index (χ0v) is 7.02. The molecule has 0 aromatic rings. The Morgan fingerprint density at radius 3 is 2.55 bits per heavy atom. The van der Waals surface area contributed by atoms with Crippen LogP contribution >= 0.6 is 0 Å². The van der Waals surface area contributed by atoms with Crippen molar-refractivity contribution in [3.05, 3.63) is 0 Å². The van der Waals surface area contributed by atoms with Gasteiger partial charge < -0.3 is 16.4 Å². The first-order valence-electron chi connectivity index (χ1n) is 4.01. The number of hydrogen-bond acceptors (Lipinski definition) is 2. The molecule has 0 aliphatic heterocycles. The first-order chi connectivity index (χ1) is 5.27. The van der Waals surface area contributed by atoms with Crippen molar-refractivity contribution >= 4 is 6.03 Å². The molecule has 0 heterocycles. The quantitative estimate of drug-likeness (QED) is 0.479. The van der Waals surface area contributed by atoms with Crippen LogP contribution in [0.4, 0.5) is 4.79 Å². The lowest BCUT2D eigenvalue weighted by Gasteiger charge is -2.01. The Morgan fingerprint density at radius 2 is 2.00 bits per heavy atom. The Morgan fingerprint density at radius 1 is 1.36 bits per heavy atom. The van der Waals surface area contributed by atoms with Crippen molar-refractivity contribution < 1.29 is 4.79 Å². The molecule has 0 saturated heterocycles. The van der Waals surface area contributed by atoms with E-state index in [4.69, 9.17) is 5.73 Å². The van der Waals surface area contributed by atoms with Crippen molar-refractivity contribution in [3.63, 3.8) is 0 Å². The normalized spacial score (nSPS) is 9.55. The highest BCUT2D eigenvalue weighted by Gasteiger charge is 1.90. The second-order valence-corrected chi connectivity index (χ2v) is 2.35. The maximum absolute atomic E-state index is 10.2. The van der Waals surface area contributed by atoms with Crippen molar-refractivity contribution in [2.24, 2.45) is 5.73 Å². The molecule has 4 N–H and O–H groups in total. The molecule has 0 saturated carbocycles. The zero-order chi connectivity index (χ0) is 8.53. The van der Waals surface area contributed by atoms with E-state index in [-0.39, 0.29) is 0 Å². The average molecular weight is 159 g/mol. The lowest BCUT2D eigenvalue weighted by molar-refractivity contribution is 0.248. The summed E-state index contributed by atoms with van der Waals surface area (Å²) in [7, 11) is 0. The third-order valence-corrected chi connectivity index (χ3v) is 1.33. The third kappa shape index (κ3) is 9.23. The summed E-state index contributed by atoms with van der Waals surface area (Å²) in [6.07, 6.45) is 2.06. The van der Waals surface area contributed by atoms with E-state index >= 15 is 0 Å². The molecule has 0 aliphatic rings. The Bertz CT molecular complexity index is 106. The van der Waals surface area contributed by atoms with Gasteiger partial charge in [-0.25, -0.2) is 4.79 Å². The summed E-state index contributed by atoms with van der Waals surface area (Å²) < 4.78 is 0. The maximum Gasteiger partial charge on any atom is 0.312 e. The molecule has 0 radical (unpaired) electrons. The fourth-order valence-corrected chi connectivity index (χ4v) is 0.763. The highest BCUT2D eigenvalue weighted by molar-refractivity contribution is 5.71. The Hall–Kier alpha value is -0.770. The predicted octanol–water partition coefficient (Wildman–Crippen LogP) is 0.0444. The van der Waals surface area contributed by atoms with Gasteiger partial charge in [-0.2, -0.15) is 0 Å². The first kappa shape index (κ1) is 10.2. The second kappa shape index (κ2) is 7.34. The summed E-state index contributed by atoms with van der Waals surface area (Å²) in [5.74, 6) is 0. The van der Waals surface area contributed by atoms with E-state index in [1.54, 1.807) is 0 Å². The molecule has 4 heteroatoms. The van der Waals surface area contributed by atoms with Gasteiger partial charge in [0.05, 0.1) is 0 Å². The number of primary amides is 1. The van der Waals surface area contributed by atoms with Crippen LogP contribution in [-0.4, -0.2) is 25.7 Å². The predicted molar refractivity (Wildman–Crippen MR) is 45.4 cm³/mol. The molecule has 0 aliphatic carbocycles. The SMILES string of the molecule is CCNCCCCNC(N)=O. The van der Waals surface area contributed by atoms with Crippen LogP contribution in [0.3, 0.4) is 0 Å². The molecule has 0 bridgehead atoms. The number of carbonyl (C=O) groups excluding carboxylic acids is 1. The van der Waals surface area contributed by atoms with Gasteiger partial charge in [0.15, 0.2) is 0 Å². The van der Waals surface area contributed by atoms with Gasteiger partial charge in [0.1, 0.15) is 0 Å². The summed E-state index contributed by atoms with van der Waals surface area (Å²) in [4.78, 5) is 10.2. The zero-order valence-electron chi connectivity index (χ0n) is 7.02. The number of rotatable bonds is 6. The maximum atomic E-state index is 10.2. The Labute approximate surface area is 67.5 Å². The monoisotopic (exact) mass is 159 g/mol. The van der Waals surface area contributed by atoms with Crippen LogP contribution in [0.5, 0.6) is 0 Å². The summed E-state index contributed by atoms with van der Waals surface area (Å²) in [6.45, 7) is 4.77. The van der Waals surface area contributed by atoms with Gasteiger partial charge in [-0.15, -0.1) is 0 Å². The highest BCUT2D eigenvalue weighted by Crippen LogP contribution is 1.83. The lowest BCUT2D eigenvalue weighted by atomic mass is 10.3. The van der Waals surface area contributed by atoms with Crippen molar-refractivity contribution in [2.45, 2.75) is 19.8 Å². The van der Waals surface area contributed by atoms with Crippen LogP contribution in [0.15, 0.2) is 0 Å². The van der Waals surface area contributed by atoms with Gasteiger partial charge in [0, 0.05) is 6.54 Å². The van der Waals surface area contributed by atoms with Crippen LogP contribution in [0.1, 0.15) is 19.8 Å². The molecule has 0 aromatic carbocycles. The molecule has 0 fully saturated rings. The summed E-state index contributed by atoms with van der Waals surface area (Å²) in [5.41, 5.74) is 4.87. The van der Waals surface area contributed by atoms with Crippen LogP contribution in [0, 0.1) is 0 Å². The van der Waals surface area contributed by atoms with Crippen molar-refractivity contribution in [1.29, 1.82) is 0 Å². The Balaban J connectivity index is 2.85. The van der Waals surface area contributed by atoms with Crippen molar-refractivity contribution in [2.75, 3.05) is 19.6 Å². The fourth-order valence-electron chi connectivity index (χ4n) is 0.763. The first-order valence-corrected chi connectivity index (χ1v) is 4.01. The number of amides is 2. The molecule has 0 rings (SSSR count). The number of nitrogens with one attached hydrogen (secondary N) is 2. The number of nitrogens with two attached hydrogens (primary N) is 1. The van der Waals surface area contributed by atoms with E-state index in [0.717, 1.165) is 25.9 Å². The molecule has 66 valence electrons. The molecule has 0 aromatic heterocycles. The van der Waals surface area contributed by atoms with Crippen LogP contribution in [-0.2, 0) is 0 Å². The van der Waals surface area contributed by atoms with Gasteiger partial charge in [0.25, 0.3) is 0 Å². The Kier molecular flexibility index (Phi) is 6.82. The summed E-state index contributed by atoms with van der Waals surface area (Å²) in [6, 6.07) is -0.437. The minimum atomic E-state index is -0.437. The number of carbonyl (C=O) groups is 1. The number of hydrogen-bond donors (Lipinski definition) is 3. The molecule has 4 nitrogen and oxygen atoms in total. The standard InChI is InChI=1S/C7H17N3O/c1-2-9-5-3-4-6-10-7(8)11/h9H,2-6H2,1H3,(H3,8,10,11). The minimum absolute atomic E-state index is 0.437. The fraction of sp³-hybridized carbons (Fsp3) is 0.857. The smallest absolute Gasteiger partial charge is 0.312 e. The number of unbranched alkanes of at least 4 members (excludes halogenated alkanes) is 1. The lowest BCUT2D eigenvalue weighted by Crippen LogP contribution is -2.30. The highest BCUT2D eigenvalue weighted by atomic mass is 16.2. The summed E-state index contributed by atoms with van der Waals surface area (Å²) >= 11 is 0. The summed E-state index contributed by atoms with van der Waals surface area (Å²) in [5, 5.41) is 5.73. The molecular formula is C7H17N3O. The van der Waals surface area contributed by atoms with Crippen LogP contribution in [0.2, 0.25) is 0 Å². The van der Waals surface area contributed by atoms with E-state index in [0.29, 0.717) is 6.54 Å². The minimum Gasteiger partial charge on any atom is -0.352 e. The average Bonchev–Trinajstić information content (AvgIpc) is 1.96. The molecule has 2 amide bonds. The van der Waals surface area contributed by atoms with Gasteiger partial charge in [-0.1, -0.05) is 6.92 Å². The van der Waals surface area contributed by atoms with E-state index < -0.39 is 6.03 Å². The molecule has 11 heavy (non-hydrogen) atoms. The molecular weight excluding hydrogens is 142 g/mol. The molecule has 0 atom stereocenters. The topological polar surface area (TPSA) is 67.2 Å². The van der Waals surface area contributed by atoms with E-state index in [1.807, 2.05) is 0 Å². The molecule has 0 unspecified atom stereocenters. The molecule has 0 spiro atoms. The van der Waals surface area contributed by atoms with Crippen molar-refractivity contribution in [1.82, 2.24) is 10.6 Å². The van der Waals surface area contributed by atoms with Gasteiger partial charge in [-0.3, -0.25) is 0 Å². The largest absolute Gasteiger partial charge is 0.352 e.